The first-order chi connectivity index (χ1) is 3.18. The lowest BCUT2D eigenvalue weighted by molar-refractivity contribution is 1.24. The zero-order valence-electron chi connectivity index (χ0n) is 5.12. The van der Waals surface area contributed by atoms with Crippen molar-refractivity contribution in [2.75, 3.05) is 5.75 Å². The monoisotopic (exact) mass is 115 g/mol. The number of allylic oxidation sites excluding steroid dienone is 1. The van der Waals surface area contributed by atoms with Gasteiger partial charge in [-0.15, -0.1) is 0 Å². The highest BCUT2D eigenvalue weighted by Gasteiger charge is 1.84. The third kappa shape index (κ3) is 2.75. The standard InChI is InChI=1S/C6H11S/c1-5(2)6(3)4-7/h4H2,1-3H3. The van der Waals surface area contributed by atoms with Crippen LogP contribution >= 0.6 is 12.6 Å². The van der Waals surface area contributed by atoms with Crippen molar-refractivity contribution in [3.8, 4) is 0 Å². The molecule has 0 heterocycles. The molecular formula is C6H11S. The van der Waals surface area contributed by atoms with Gasteiger partial charge in [0.25, 0.3) is 0 Å². The lowest BCUT2D eigenvalue weighted by atomic mass is 10.2. The van der Waals surface area contributed by atoms with Crippen molar-refractivity contribution in [2.45, 2.75) is 20.8 Å². The maximum Gasteiger partial charge on any atom is 0.0247 e. The highest BCUT2D eigenvalue weighted by molar-refractivity contribution is 7.80. The van der Waals surface area contributed by atoms with E-state index in [1.54, 1.807) is 0 Å². The van der Waals surface area contributed by atoms with Gasteiger partial charge in [0.2, 0.25) is 0 Å². The minimum Gasteiger partial charge on any atom is -0.0894 e. The summed E-state index contributed by atoms with van der Waals surface area (Å²) in [6.45, 7) is 6.24. The van der Waals surface area contributed by atoms with Gasteiger partial charge < -0.3 is 0 Å². The topological polar surface area (TPSA) is 0 Å². The summed E-state index contributed by atoms with van der Waals surface area (Å²) in [7, 11) is 0. The van der Waals surface area contributed by atoms with E-state index in [0.29, 0.717) is 0 Å². The molecule has 0 fully saturated rings. The van der Waals surface area contributed by atoms with Crippen LogP contribution in [0, 0.1) is 0 Å². The van der Waals surface area contributed by atoms with E-state index in [1.807, 2.05) is 0 Å². The molecule has 0 N–H and O–H groups in total. The van der Waals surface area contributed by atoms with Gasteiger partial charge in [0.1, 0.15) is 0 Å². The zero-order chi connectivity index (χ0) is 5.86. The van der Waals surface area contributed by atoms with Gasteiger partial charge in [0, 0.05) is 5.75 Å². The van der Waals surface area contributed by atoms with Gasteiger partial charge in [-0.25, -0.2) is 0 Å². The van der Waals surface area contributed by atoms with Crippen LogP contribution in [0.25, 0.3) is 0 Å². The Hall–Kier alpha value is 0.0900. The second-order valence-corrected chi connectivity index (χ2v) is 2.21. The van der Waals surface area contributed by atoms with Crippen LogP contribution in [0.3, 0.4) is 0 Å². The van der Waals surface area contributed by atoms with Crippen molar-refractivity contribution in [1.82, 2.24) is 0 Å². The fraction of sp³-hybridized carbons (Fsp3) is 0.667. The van der Waals surface area contributed by atoms with Gasteiger partial charge in [-0.3, -0.25) is 0 Å². The Morgan fingerprint density at radius 2 is 1.71 bits per heavy atom. The van der Waals surface area contributed by atoms with E-state index >= 15 is 0 Å². The SMILES string of the molecule is CC(C)=C(C)C[S]. The molecule has 0 aromatic carbocycles. The van der Waals surface area contributed by atoms with E-state index in [2.05, 4.69) is 20.8 Å². The lowest BCUT2D eigenvalue weighted by Gasteiger charge is -1.93. The molecule has 0 bridgehead atoms. The molecule has 0 unspecified atom stereocenters. The summed E-state index contributed by atoms with van der Waals surface area (Å²) in [4.78, 5) is 0. The molecule has 0 aromatic heterocycles. The van der Waals surface area contributed by atoms with Crippen molar-refractivity contribution in [3.05, 3.63) is 11.1 Å². The zero-order valence-corrected chi connectivity index (χ0v) is 5.93. The number of rotatable bonds is 1. The Morgan fingerprint density at radius 3 is 1.71 bits per heavy atom. The smallest absolute Gasteiger partial charge is 0.0247 e. The van der Waals surface area contributed by atoms with Crippen molar-refractivity contribution in [3.63, 3.8) is 0 Å². The Balaban J connectivity index is 3.72. The molecule has 1 heteroatoms. The van der Waals surface area contributed by atoms with Crippen LogP contribution in [-0.4, -0.2) is 5.75 Å². The van der Waals surface area contributed by atoms with Gasteiger partial charge >= 0.3 is 0 Å². The molecule has 0 aliphatic heterocycles. The van der Waals surface area contributed by atoms with Gasteiger partial charge in [0.05, 0.1) is 0 Å². The van der Waals surface area contributed by atoms with E-state index in [0.717, 1.165) is 5.75 Å². The summed E-state index contributed by atoms with van der Waals surface area (Å²) in [5.41, 5.74) is 2.69. The van der Waals surface area contributed by atoms with Crippen LogP contribution in [0.2, 0.25) is 0 Å². The number of hydrogen-bond donors (Lipinski definition) is 0. The second-order valence-electron chi connectivity index (χ2n) is 1.92. The Labute approximate surface area is 51.0 Å². The van der Waals surface area contributed by atoms with Gasteiger partial charge in [-0.1, -0.05) is 23.8 Å². The first kappa shape index (κ1) is 7.09. The summed E-state index contributed by atoms with van der Waals surface area (Å²) in [5, 5.41) is 0. The fourth-order valence-corrected chi connectivity index (χ4v) is 0.433. The Bertz CT molecular complexity index is 78.2. The maximum atomic E-state index is 4.79. The fourth-order valence-electron chi connectivity index (χ4n) is 0.144. The molecule has 0 spiro atoms. The molecule has 0 rings (SSSR count). The van der Waals surface area contributed by atoms with E-state index in [-0.39, 0.29) is 0 Å². The van der Waals surface area contributed by atoms with Crippen LogP contribution < -0.4 is 0 Å². The molecule has 0 aromatic rings. The van der Waals surface area contributed by atoms with Crippen LogP contribution in [0.1, 0.15) is 20.8 Å². The summed E-state index contributed by atoms with van der Waals surface area (Å²) in [6, 6.07) is 0. The molecule has 1 radical (unpaired) electrons. The molecule has 0 atom stereocenters. The van der Waals surface area contributed by atoms with E-state index < -0.39 is 0 Å². The summed E-state index contributed by atoms with van der Waals surface area (Å²) >= 11 is 4.79. The van der Waals surface area contributed by atoms with Crippen LogP contribution in [0.4, 0.5) is 0 Å². The van der Waals surface area contributed by atoms with E-state index in [4.69, 9.17) is 12.6 Å². The van der Waals surface area contributed by atoms with Crippen LogP contribution in [0.5, 0.6) is 0 Å². The lowest BCUT2D eigenvalue weighted by Crippen LogP contribution is -1.78. The molecule has 41 valence electrons. The van der Waals surface area contributed by atoms with Crippen LogP contribution in [-0.2, 0) is 0 Å². The third-order valence-electron chi connectivity index (χ3n) is 1.07. The maximum absolute atomic E-state index is 4.79. The molecule has 0 saturated heterocycles. The van der Waals surface area contributed by atoms with Crippen molar-refractivity contribution in [2.24, 2.45) is 0 Å². The van der Waals surface area contributed by atoms with Gasteiger partial charge in [-0.05, 0) is 20.8 Å². The van der Waals surface area contributed by atoms with Crippen LogP contribution in [0.15, 0.2) is 11.1 Å². The minimum atomic E-state index is 0.780. The third-order valence-corrected chi connectivity index (χ3v) is 1.50. The first-order valence-corrected chi connectivity index (χ1v) is 2.97. The number of hydrogen-bond acceptors (Lipinski definition) is 0. The van der Waals surface area contributed by atoms with Gasteiger partial charge in [-0.2, -0.15) is 0 Å². The van der Waals surface area contributed by atoms with Crippen molar-refractivity contribution < 1.29 is 0 Å². The molecular weight excluding hydrogens is 104 g/mol. The van der Waals surface area contributed by atoms with E-state index in [9.17, 15) is 0 Å². The average Bonchev–Trinajstić information content (AvgIpc) is 1.65. The highest BCUT2D eigenvalue weighted by atomic mass is 32.1. The van der Waals surface area contributed by atoms with Crippen molar-refractivity contribution >= 4 is 12.6 Å². The Kier molecular flexibility index (Phi) is 3.18. The normalized spacial score (nSPS) is 8.57. The quantitative estimate of drug-likeness (QED) is 0.461. The average molecular weight is 115 g/mol. The predicted octanol–water partition coefficient (Wildman–Crippen LogP) is 2.54. The molecule has 0 aliphatic rings. The molecule has 0 saturated carbocycles. The van der Waals surface area contributed by atoms with Crippen molar-refractivity contribution in [1.29, 1.82) is 0 Å². The largest absolute Gasteiger partial charge is 0.0894 e. The van der Waals surface area contributed by atoms with Gasteiger partial charge in [0.15, 0.2) is 0 Å². The molecule has 0 amide bonds. The first-order valence-electron chi connectivity index (χ1n) is 2.39. The molecule has 0 aliphatic carbocycles. The molecule has 0 nitrogen and oxygen atoms in total. The second kappa shape index (κ2) is 3.14. The summed E-state index contributed by atoms with van der Waals surface area (Å²) in [5.74, 6) is 0.780. The molecule has 7 heavy (non-hydrogen) atoms. The summed E-state index contributed by atoms with van der Waals surface area (Å²) < 4.78 is 0. The minimum absolute atomic E-state index is 0.780. The Morgan fingerprint density at radius 1 is 1.29 bits per heavy atom. The van der Waals surface area contributed by atoms with E-state index in [1.165, 1.54) is 11.1 Å². The summed E-state index contributed by atoms with van der Waals surface area (Å²) in [6.07, 6.45) is 0. The highest BCUT2D eigenvalue weighted by Crippen LogP contribution is 2.01. The predicted molar refractivity (Wildman–Crippen MR) is 36.5 cm³/mol.